The van der Waals surface area contributed by atoms with Gasteiger partial charge in [0.2, 0.25) is 5.91 Å². The Hall–Kier alpha value is -2.09. The van der Waals surface area contributed by atoms with Crippen molar-refractivity contribution in [3.63, 3.8) is 0 Å². The highest BCUT2D eigenvalue weighted by Crippen LogP contribution is 2.14. The molecule has 0 spiro atoms. The lowest BCUT2D eigenvalue weighted by molar-refractivity contribution is -0.193. The van der Waals surface area contributed by atoms with Gasteiger partial charge in [0, 0.05) is 19.5 Å². The zero-order chi connectivity index (χ0) is 30.0. The van der Waals surface area contributed by atoms with E-state index in [0.717, 1.165) is 32.4 Å². The van der Waals surface area contributed by atoms with Crippen LogP contribution in [0.5, 0.6) is 0 Å². The fourth-order valence-corrected chi connectivity index (χ4v) is 3.02. The van der Waals surface area contributed by atoms with Gasteiger partial charge in [0.05, 0.1) is 0 Å². The molecule has 0 atom stereocenters. The standard InChI is InChI=1S/C20H43N3O.2C2HF3O2/c1-2-3-4-5-6-7-8-9-10-11-12-15-20(24)23(18-13-16-21)19-14-17-22;2*3-2(4,5)1(6)7/h2-19,21-22H2,1H3;2*(H,6,7). The van der Waals surface area contributed by atoms with E-state index in [1.165, 1.54) is 64.2 Å². The molecule has 8 nitrogen and oxygen atoms in total. The molecule has 0 aliphatic carbocycles. The number of carboxylic acid groups (broad SMARTS) is 2. The molecule has 0 fully saturated rings. The first kappa shape index (κ1) is 40.4. The summed E-state index contributed by atoms with van der Waals surface area (Å²) in [5, 5.41) is 14.2. The van der Waals surface area contributed by atoms with Gasteiger partial charge in [-0.3, -0.25) is 4.79 Å². The minimum atomic E-state index is -5.08. The van der Waals surface area contributed by atoms with Gasteiger partial charge >= 0.3 is 24.3 Å². The van der Waals surface area contributed by atoms with Gasteiger partial charge in [0.15, 0.2) is 0 Å². The minimum Gasteiger partial charge on any atom is -0.475 e. The van der Waals surface area contributed by atoms with E-state index in [0.29, 0.717) is 19.5 Å². The summed E-state index contributed by atoms with van der Waals surface area (Å²) in [6.45, 7) is 5.12. The third kappa shape index (κ3) is 30.1. The largest absolute Gasteiger partial charge is 0.490 e. The van der Waals surface area contributed by atoms with Gasteiger partial charge < -0.3 is 26.6 Å². The summed E-state index contributed by atoms with van der Waals surface area (Å²) in [6, 6.07) is 0. The van der Waals surface area contributed by atoms with Crippen molar-refractivity contribution >= 4 is 17.8 Å². The first-order chi connectivity index (χ1) is 17.6. The fourth-order valence-electron chi connectivity index (χ4n) is 3.02. The molecule has 0 aliphatic rings. The third-order valence-corrected chi connectivity index (χ3v) is 5.10. The number of amides is 1. The van der Waals surface area contributed by atoms with E-state index in [1.54, 1.807) is 0 Å². The van der Waals surface area contributed by atoms with Crippen molar-refractivity contribution in [1.82, 2.24) is 4.90 Å². The number of carbonyl (C=O) groups excluding carboxylic acids is 1. The van der Waals surface area contributed by atoms with Crippen molar-refractivity contribution < 1.29 is 50.9 Å². The molecule has 6 N–H and O–H groups in total. The average molecular weight is 570 g/mol. The van der Waals surface area contributed by atoms with E-state index in [9.17, 15) is 31.1 Å². The van der Waals surface area contributed by atoms with Crippen LogP contribution in [0.1, 0.15) is 96.8 Å². The number of halogens is 6. The van der Waals surface area contributed by atoms with Gasteiger partial charge in [-0.25, -0.2) is 9.59 Å². The molecule has 14 heteroatoms. The zero-order valence-electron chi connectivity index (χ0n) is 22.2. The molecule has 38 heavy (non-hydrogen) atoms. The Morgan fingerprint density at radius 2 is 0.895 bits per heavy atom. The molecular formula is C24H45F6N3O5. The summed E-state index contributed by atoms with van der Waals surface area (Å²) < 4.78 is 63.5. The van der Waals surface area contributed by atoms with E-state index in [2.05, 4.69) is 6.92 Å². The maximum Gasteiger partial charge on any atom is 0.490 e. The Labute approximate surface area is 221 Å². The van der Waals surface area contributed by atoms with Crippen molar-refractivity contribution in [3.05, 3.63) is 0 Å². The van der Waals surface area contributed by atoms with Crippen LogP contribution in [0.25, 0.3) is 0 Å². The molecule has 0 aromatic carbocycles. The van der Waals surface area contributed by atoms with Crippen LogP contribution in [0, 0.1) is 0 Å². The molecule has 228 valence electrons. The Balaban J connectivity index is -0.000000710. The number of rotatable bonds is 18. The van der Waals surface area contributed by atoms with E-state index < -0.39 is 24.3 Å². The quantitative estimate of drug-likeness (QED) is 0.126. The van der Waals surface area contributed by atoms with Crippen molar-refractivity contribution in [2.45, 2.75) is 109 Å². The molecule has 0 unspecified atom stereocenters. The van der Waals surface area contributed by atoms with Crippen molar-refractivity contribution in [3.8, 4) is 0 Å². The van der Waals surface area contributed by atoms with Crippen LogP contribution >= 0.6 is 0 Å². The maximum absolute atomic E-state index is 12.3. The smallest absolute Gasteiger partial charge is 0.475 e. The third-order valence-electron chi connectivity index (χ3n) is 5.10. The fraction of sp³-hybridized carbons (Fsp3) is 0.875. The predicted molar refractivity (Wildman–Crippen MR) is 132 cm³/mol. The molecule has 0 bridgehead atoms. The number of aliphatic carboxylic acids is 2. The molecule has 0 aliphatic heterocycles. The Morgan fingerprint density at radius 3 is 1.16 bits per heavy atom. The minimum absolute atomic E-state index is 0.285. The first-order valence-electron chi connectivity index (χ1n) is 12.9. The Morgan fingerprint density at radius 1 is 0.605 bits per heavy atom. The monoisotopic (exact) mass is 569 g/mol. The maximum atomic E-state index is 12.3. The van der Waals surface area contributed by atoms with E-state index in [1.807, 2.05) is 4.90 Å². The van der Waals surface area contributed by atoms with Crippen molar-refractivity contribution in [1.29, 1.82) is 0 Å². The van der Waals surface area contributed by atoms with Gasteiger partial charge in [0.1, 0.15) is 0 Å². The SMILES string of the molecule is CCCCCCCCCCCCCC(=O)N(CCCN)CCCN.O=C(O)C(F)(F)F.O=C(O)C(F)(F)F. The molecule has 0 saturated heterocycles. The van der Waals surface area contributed by atoms with E-state index in [-0.39, 0.29) is 5.91 Å². The van der Waals surface area contributed by atoms with E-state index in [4.69, 9.17) is 31.3 Å². The topological polar surface area (TPSA) is 147 Å². The van der Waals surface area contributed by atoms with Crippen LogP contribution in [-0.2, 0) is 14.4 Å². The van der Waals surface area contributed by atoms with Gasteiger partial charge in [-0.05, 0) is 32.4 Å². The lowest BCUT2D eigenvalue weighted by Gasteiger charge is -2.22. The molecular weight excluding hydrogens is 524 g/mol. The highest BCUT2D eigenvalue weighted by molar-refractivity contribution is 5.76. The number of nitrogens with two attached hydrogens (primary N) is 2. The molecule has 0 saturated carbocycles. The highest BCUT2D eigenvalue weighted by atomic mass is 19.4. The number of carbonyl (C=O) groups is 3. The zero-order valence-corrected chi connectivity index (χ0v) is 22.2. The molecule has 0 rings (SSSR count). The molecule has 1 amide bonds. The summed E-state index contributed by atoms with van der Waals surface area (Å²) in [4.78, 5) is 32.0. The predicted octanol–water partition coefficient (Wildman–Crippen LogP) is 5.48. The number of hydrogen-bond acceptors (Lipinski definition) is 5. The molecule has 0 aromatic heterocycles. The Kier molecular flexibility index (Phi) is 26.8. The summed E-state index contributed by atoms with van der Waals surface area (Å²) in [6.07, 6.45) is 6.77. The van der Waals surface area contributed by atoms with Crippen LogP contribution in [0.4, 0.5) is 26.3 Å². The first-order valence-corrected chi connectivity index (χ1v) is 12.9. The molecule has 0 radical (unpaired) electrons. The van der Waals surface area contributed by atoms with Crippen molar-refractivity contribution in [2.75, 3.05) is 26.2 Å². The summed E-state index contributed by atoms with van der Waals surface area (Å²) >= 11 is 0. The lowest BCUT2D eigenvalue weighted by Crippen LogP contribution is -2.34. The lowest BCUT2D eigenvalue weighted by atomic mass is 10.1. The number of nitrogens with zero attached hydrogens (tertiary/aromatic N) is 1. The number of alkyl halides is 6. The highest BCUT2D eigenvalue weighted by Gasteiger charge is 2.38. The van der Waals surface area contributed by atoms with Gasteiger partial charge in [-0.2, -0.15) is 26.3 Å². The summed E-state index contributed by atoms with van der Waals surface area (Å²) in [5.41, 5.74) is 11.1. The van der Waals surface area contributed by atoms with Crippen LogP contribution in [0.3, 0.4) is 0 Å². The van der Waals surface area contributed by atoms with Crippen LogP contribution in [0.2, 0.25) is 0 Å². The van der Waals surface area contributed by atoms with Crippen molar-refractivity contribution in [2.24, 2.45) is 11.5 Å². The van der Waals surface area contributed by atoms with Gasteiger partial charge in [0.25, 0.3) is 0 Å². The molecule has 0 heterocycles. The summed E-state index contributed by atoms with van der Waals surface area (Å²) in [7, 11) is 0. The van der Waals surface area contributed by atoms with Crippen LogP contribution in [-0.4, -0.2) is 71.5 Å². The second-order valence-corrected chi connectivity index (χ2v) is 8.56. The van der Waals surface area contributed by atoms with Crippen LogP contribution < -0.4 is 11.5 Å². The van der Waals surface area contributed by atoms with Gasteiger partial charge in [-0.1, -0.05) is 71.1 Å². The summed E-state index contributed by atoms with van der Waals surface area (Å²) in [5.74, 6) is -5.23. The van der Waals surface area contributed by atoms with Crippen LogP contribution in [0.15, 0.2) is 0 Å². The number of carboxylic acids is 2. The van der Waals surface area contributed by atoms with Gasteiger partial charge in [-0.15, -0.1) is 0 Å². The normalized spacial score (nSPS) is 11.1. The average Bonchev–Trinajstić information content (AvgIpc) is 2.82. The number of hydrogen-bond donors (Lipinski definition) is 4. The Bertz CT molecular complexity index is 573. The second-order valence-electron chi connectivity index (χ2n) is 8.56. The second kappa shape index (κ2) is 25.2. The molecule has 0 aromatic rings. The number of unbranched alkanes of at least 4 members (excludes halogenated alkanes) is 10. The van der Waals surface area contributed by atoms with E-state index >= 15 is 0 Å².